The van der Waals surface area contributed by atoms with E-state index in [1.165, 1.54) is 6.08 Å². The van der Waals surface area contributed by atoms with Gasteiger partial charge in [0.2, 0.25) is 0 Å². The Bertz CT molecular complexity index is 284. The summed E-state index contributed by atoms with van der Waals surface area (Å²) in [5.74, 6) is -0.645. The number of nitrogens with one attached hydrogen (secondary N) is 1. The molecule has 1 rings (SSSR count). The van der Waals surface area contributed by atoms with Crippen LogP contribution < -0.4 is 5.32 Å². The highest BCUT2D eigenvalue weighted by atomic mass is 16.5. The number of hydrogen-bond acceptors (Lipinski definition) is 3. The summed E-state index contributed by atoms with van der Waals surface area (Å²) in [4.78, 5) is 22.1. The normalized spacial score (nSPS) is 17.4. The summed E-state index contributed by atoms with van der Waals surface area (Å²) in [6.45, 7) is 3.57. The van der Waals surface area contributed by atoms with Crippen LogP contribution in [0.4, 0.5) is 4.79 Å². The van der Waals surface area contributed by atoms with Gasteiger partial charge < -0.3 is 15.2 Å². The maximum absolute atomic E-state index is 11.4. The molecule has 0 heterocycles. The van der Waals surface area contributed by atoms with Crippen molar-refractivity contribution in [1.29, 1.82) is 0 Å². The maximum Gasteiger partial charge on any atom is 0.407 e. The van der Waals surface area contributed by atoms with E-state index in [2.05, 4.69) is 11.9 Å². The Morgan fingerprint density at radius 1 is 1.47 bits per heavy atom. The van der Waals surface area contributed by atoms with Crippen LogP contribution in [-0.2, 0) is 9.53 Å². The van der Waals surface area contributed by atoms with E-state index in [4.69, 9.17) is 9.84 Å². The van der Waals surface area contributed by atoms with Gasteiger partial charge in [-0.2, -0.15) is 0 Å². The first-order valence-corrected chi connectivity index (χ1v) is 5.89. The molecule has 0 aliphatic heterocycles. The van der Waals surface area contributed by atoms with Crippen molar-refractivity contribution in [1.82, 2.24) is 5.32 Å². The molecule has 1 unspecified atom stereocenters. The zero-order valence-electron chi connectivity index (χ0n) is 9.85. The number of carboxylic acids is 1. The van der Waals surface area contributed by atoms with Gasteiger partial charge in [-0.25, -0.2) is 4.79 Å². The SMILES string of the molecule is C=CCOC(=O)NC(CC(=O)O)C1CCCC1. The van der Waals surface area contributed by atoms with Crippen LogP contribution in [0.25, 0.3) is 0 Å². The van der Waals surface area contributed by atoms with E-state index in [9.17, 15) is 9.59 Å². The number of hydrogen-bond donors (Lipinski definition) is 2. The molecule has 1 aliphatic rings. The van der Waals surface area contributed by atoms with E-state index >= 15 is 0 Å². The summed E-state index contributed by atoms with van der Waals surface area (Å²) in [6.07, 6.45) is 5.01. The number of carbonyl (C=O) groups is 2. The fourth-order valence-electron chi connectivity index (χ4n) is 2.21. The smallest absolute Gasteiger partial charge is 0.407 e. The average Bonchev–Trinajstić information content (AvgIpc) is 2.78. The highest BCUT2D eigenvalue weighted by Crippen LogP contribution is 2.29. The van der Waals surface area contributed by atoms with Crippen molar-refractivity contribution in [3.05, 3.63) is 12.7 Å². The third-order valence-corrected chi connectivity index (χ3v) is 3.00. The number of ether oxygens (including phenoxy) is 1. The Kier molecular flexibility index (Phi) is 5.52. The number of carbonyl (C=O) groups excluding carboxylic acids is 1. The first kappa shape index (κ1) is 13.5. The molecule has 5 heteroatoms. The third-order valence-electron chi connectivity index (χ3n) is 3.00. The Balaban J connectivity index is 2.47. The minimum absolute atomic E-state index is 0.0478. The van der Waals surface area contributed by atoms with Gasteiger partial charge in [0.25, 0.3) is 0 Å². The standard InChI is InChI=1S/C12H19NO4/c1-2-7-17-12(16)13-10(8-11(14)15)9-5-3-4-6-9/h2,9-10H,1,3-8H2,(H,13,16)(H,14,15). The molecule has 1 amide bonds. The van der Waals surface area contributed by atoms with Crippen LogP contribution in [0.3, 0.4) is 0 Å². The minimum Gasteiger partial charge on any atom is -0.481 e. The lowest BCUT2D eigenvalue weighted by Gasteiger charge is -2.22. The van der Waals surface area contributed by atoms with Crippen molar-refractivity contribution in [2.45, 2.75) is 38.1 Å². The molecule has 0 saturated heterocycles. The van der Waals surface area contributed by atoms with Crippen LogP contribution in [0.15, 0.2) is 12.7 Å². The van der Waals surface area contributed by atoms with Crippen molar-refractivity contribution in [3.63, 3.8) is 0 Å². The van der Waals surface area contributed by atoms with Crippen LogP contribution in [0.1, 0.15) is 32.1 Å². The lowest BCUT2D eigenvalue weighted by molar-refractivity contribution is -0.137. The monoisotopic (exact) mass is 241 g/mol. The van der Waals surface area contributed by atoms with Gasteiger partial charge >= 0.3 is 12.1 Å². The summed E-state index contributed by atoms with van der Waals surface area (Å²) >= 11 is 0. The zero-order chi connectivity index (χ0) is 12.7. The lowest BCUT2D eigenvalue weighted by Crippen LogP contribution is -2.41. The van der Waals surface area contributed by atoms with Crippen molar-refractivity contribution >= 4 is 12.1 Å². The van der Waals surface area contributed by atoms with E-state index in [1.54, 1.807) is 0 Å². The second-order valence-electron chi connectivity index (χ2n) is 4.28. The second kappa shape index (κ2) is 6.93. The van der Waals surface area contributed by atoms with Gasteiger partial charge in [0, 0.05) is 6.04 Å². The molecular formula is C12H19NO4. The highest BCUT2D eigenvalue weighted by Gasteiger charge is 2.28. The van der Waals surface area contributed by atoms with Crippen LogP contribution in [0, 0.1) is 5.92 Å². The molecule has 96 valence electrons. The summed E-state index contributed by atoms with van der Waals surface area (Å²) in [6, 6.07) is -0.327. The van der Waals surface area contributed by atoms with Crippen molar-refractivity contribution in [3.8, 4) is 0 Å². The average molecular weight is 241 g/mol. The van der Waals surface area contributed by atoms with Gasteiger partial charge in [-0.15, -0.1) is 0 Å². The third kappa shape index (κ3) is 4.89. The fourth-order valence-corrected chi connectivity index (χ4v) is 2.21. The van der Waals surface area contributed by atoms with Crippen LogP contribution in [-0.4, -0.2) is 29.8 Å². The maximum atomic E-state index is 11.4. The topological polar surface area (TPSA) is 75.6 Å². The van der Waals surface area contributed by atoms with Crippen molar-refractivity contribution in [2.75, 3.05) is 6.61 Å². The Morgan fingerprint density at radius 3 is 2.65 bits per heavy atom. The highest BCUT2D eigenvalue weighted by molar-refractivity contribution is 5.71. The van der Waals surface area contributed by atoms with Gasteiger partial charge in [-0.1, -0.05) is 25.5 Å². The first-order chi connectivity index (χ1) is 8.13. The predicted octanol–water partition coefficient (Wildman–Crippen LogP) is 1.93. The Morgan fingerprint density at radius 2 is 2.12 bits per heavy atom. The summed E-state index contributed by atoms with van der Waals surface area (Å²) in [5, 5.41) is 11.5. The number of aliphatic carboxylic acids is 1. The largest absolute Gasteiger partial charge is 0.481 e. The molecule has 1 atom stereocenters. The quantitative estimate of drug-likeness (QED) is 0.697. The Labute approximate surface area is 101 Å². The molecule has 0 spiro atoms. The summed E-state index contributed by atoms with van der Waals surface area (Å²) < 4.78 is 4.80. The first-order valence-electron chi connectivity index (χ1n) is 5.89. The molecule has 0 radical (unpaired) electrons. The molecule has 1 saturated carbocycles. The van der Waals surface area contributed by atoms with E-state index in [1.807, 2.05) is 0 Å². The molecule has 0 aromatic heterocycles. The van der Waals surface area contributed by atoms with Gasteiger partial charge in [0.15, 0.2) is 0 Å². The van der Waals surface area contributed by atoms with Gasteiger partial charge in [-0.05, 0) is 18.8 Å². The van der Waals surface area contributed by atoms with Gasteiger partial charge in [0.05, 0.1) is 6.42 Å². The number of rotatable bonds is 6. The molecular weight excluding hydrogens is 222 g/mol. The minimum atomic E-state index is -0.897. The number of carboxylic acid groups (broad SMARTS) is 1. The lowest BCUT2D eigenvalue weighted by atomic mass is 9.95. The van der Waals surface area contributed by atoms with Crippen LogP contribution in [0.2, 0.25) is 0 Å². The molecule has 2 N–H and O–H groups in total. The molecule has 1 fully saturated rings. The molecule has 17 heavy (non-hydrogen) atoms. The molecule has 0 aromatic carbocycles. The molecule has 1 aliphatic carbocycles. The molecule has 5 nitrogen and oxygen atoms in total. The fraction of sp³-hybridized carbons (Fsp3) is 0.667. The number of amides is 1. The second-order valence-corrected chi connectivity index (χ2v) is 4.28. The van der Waals surface area contributed by atoms with Crippen LogP contribution >= 0.6 is 0 Å². The summed E-state index contributed by atoms with van der Waals surface area (Å²) in [5.41, 5.74) is 0. The number of alkyl carbamates (subject to hydrolysis) is 1. The van der Waals surface area contributed by atoms with Crippen LogP contribution in [0.5, 0.6) is 0 Å². The molecule has 0 bridgehead atoms. The zero-order valence-corrected chi connectivity index (χ0v) is 9.85. The van der Waals surface area contributed by atoms with E-state index < -0.39 is 12.1 Å². The predicted molar refractivity (Wildman–Crippen MR) is 62.7 cm³/mol. The van der Waals surface area contributed by atoms with Gasteiger partial charge in [-0.3, -0.25) is 4.79 Å². The van der Waals surface area contributed by atoms with E-state index in [0.29, 0.717) is 0 Å². The van der Waals surface area contributed by atoms with E-state index in [-0.39, 0.29) is 25.0 Å². The molecule has 0 aromatic rings. The van der Waals surface area contributed by atoms with E-state index in [0.717, 1.165) is 25.7 Å². The Hall–Kier alpha value is -1.52. The van der Waals surface area contributed by atoms with Crippen molar-refractivity contribution in [2.24, 2.45) is 5.92 Å². The van der Waals surface area contributed by atoms with Gasteiger partial charge in [0.1, 0.15) is 6.61 Å². The summed E-state index contributed by atoms with van der Waals surface area (Å²) in [7, 11) is 0. The van der Waals surface area contributed by atoms with Crippen molar-refractivity contribution < 1.29 is 19.4 Å².